The Kier molecular flexibility index (Phi) is 3.86. The smallest absolute Gasteiger partial charge is 0.340 e. The largest absolute Gasteiger partial charge is 0.376 e. The molecule has 94 valence electrons. The molecule has 2 aromatic carbocycles. The summed E-state index contributed by atoms with van der Waals surface area (Å²) < 4.78 is 42.6. The molecule has 0 fully saturated rings. The van der Waals surface area contributed by atoms with Crippen LogP contribution in [0.1, 0.15) is 0 Å². The predicted molar refractivity (Wildman–Crippen MR) is 73.4 cm³/mol. The van der Waals surface area contributed by atoms with Crippen LogP contribution in [0.15, 0.2) is 53.4 Å². The average Bonchev–Trinajstić information content (AvgIpc) is 2.32. The fourth-order valence-corrected chi connectivity index (χ4v) is 3.53. The molecule has 0 bridgehead atoms. The monoisotopic (exact) mass is 378 g/mol. The Balaban J connectivity index is 2.40. The van der Waals surface area contributed by atoms with Gasteiger partial charge < -0.3 is 4.18 Å². The van der Waals surface area contributed by atoms with E-state index in [9.17, 15) is 12.8 Å². The molecule has 3 nitrogen and oxygen atoms in total. The van der Waals surface area contributed by atoms with Crippen LogP contribution in [0.25, 0.3) is 0 Å². The van der Waals surface area contributed by atoms with Gasteiger partial charge in [0.05, 0.1) is 0 Å². The van der Waals surface area contributed by atoms with Crippen LogP contribution in [0.5, 0.6) is 5.75 Å². The first kappa shape index (κ1) is 13.3. The zero-order chi connectivity index (χ0) is 13.2. The van der Waals surface area contributed by atoms with Crippen molar-refractivity contribution in [2.75, 3.05) is 0 Å². The van der Waals surface area contributed by atoms with E-state index < -0.39 is 15.9 Å². The van der Waals surface area contributed by atoms with E-state index >= 15 is 0 Å². The minimum atomic E-state index is -4.01. The van der Waals surface area contributed by atoms with Gasteiger partial charge in [-0.3, -0.25) is 0 Å². The summed E-state index contributed by atoms with van der Waals surface area (Å²) in [5, 5.41) is 0. The molecular formula is C12H8FIO3S. The van der Waals surface area contributed by atoms with Gasteiger partial charge in [-0.25, -0.2) is 4.39 Å². The van der Waals surface area contributed by atoms with E-state index in [1.807, 2.05) is 22.6 Å². The number of rotatable bonds is 3. The Morgan fingerprint density at radius 1 is 1.00 bits per heavy atom. The quantitative estimate of drug-likeness (QED) is 0.609. The third-order valence-corrected chi connectivity index (χ3v) is 4.74. The van der Waals surface area contributed by atoms with Crippen LogP contribution in [0, 0.1) is 9.39 Å². The fraction of sp³-hybridized carbons (Fsp3) is 0. The standard InChI is InChI=1S/C12H8FIO3S/c13-9-5-1-3-7-11(9)17-18(15,16)12-8-4-2-6-10(12)14/h1-8H. The van der Waals surface area contributed by atoms with E-state index in [0.29, 0.717) is 3.57 Å². The summed E-state index contributed by atoms with van der Waals surface area (Å²) >= 11 is 1.88. The van der Waals surface area contributed by atoms with Crippen LogP contribution >= 0.6 is 22.6 Å². The van der Waals surface area contributed by atoms with Crippen molar-refractivity contribution in [1.29, 1.82) is 0 Å². The maximum absolute atomic E-state index is 13.3. The molecule has 0 heterocycles. The van der Waals surface area contributed by atoms with Crippen LogP contribution < -0.4 is 4.18 Å². The summed E-state index contributed by atoms with van der Waals surface area (Å²) in [6, 6.07) is 11.7. The first-order valence-electron chi connectivity index (χ1n) is 4.94. The van der Waals surface area contributed by atoms with E-state index in [4.69, 9.17) is 4.18 Å². The van der Waals surface area contributed by atoms with Crippen molar-refractivity contribution >= 4 is 32.7 Å². The lowest BCUT2D eigenvalue weighted by molar-refractivity contribution is 0.461. The molecule has 6 heteroatoms. The van der Waals surface area contributed by atoms with Crippen molar-refractivity contribution in [2.45, 2.75) is 4.90 Å². The average molecular weight is 378 g/mol. The van der Waals surface area contributed by atoms with Gasteiger partial charge >= 0.3 is 10.1 Å². The first-order valence-corrected chi connectivity index (χ1v) is 7.43. The summed E-state index contributed by atoms with van der Waals surface area (Å²) in [6.07, 6.45) is 0. The summed E-state index contributed by atoms with van der Waals surface area (Å²) in [4.78, 5) is 0.0221. The number of benzene rings is 2. The van der Waals surface area contributed by atoms with Gasteiger partial charge in [0.1, 0.15) is 4.90 Å². The molecule has 0 saturated heterocycles. The molecule has 0 aliphatic heterocycles. The van der Waals surface area contributed by atoms with Crippen LogP contribution in [-0.2, 0) is 10.1 Å². The van der Waals surface area contributed by atoms with E-state index in [-0.39, 0.29) is 10.6 Å². The van der Waals surface area contributed by atoms with Crippen molar-refractivity contribution in [3.8, 4) is 5.75 Å². The van der Waals surface area contributed by atoms with Crippen LogP contribution in [0.3, 0.4) is 0 Å². The molecule has 0 aliphatic rings. The molecular weight excluding hydrogens is 370 g/mol. The molecule has 2 rings (SSSR count). The Morgan fingerprint density at radius 2 is 1.61 bits per heavy atom. The maximum atomic E-state index is 13.3. The van der Waals surface area contributed by atoms with E-state index in [1.54, 1.807) is 18.2 Å². The highest BCUT2D eigenvalue weighted by Crippen LogP contribution is 2.24. The Morgan fingerprint density at radius 3 is 2.28 bits per heavy atom. The van der Waals surface area contributed by atoms with Gasteiger partial charge in [0.15, 0.2) is 11.6 Å². The highest BCUT2D eigenvalue weighted by atomic mass is 127. The van der Waals surface area contributed by atoms with Crippen molar-refractivity contribution < 1.29 is 17.0 Å². The first-order chi connectivity index (χ1) is 8.50. The molecule has 0 unspecified atom stereocenters. The van der Waals surface area contributed by atoms with Gasteiger partial charge in [0.25, 0.3) is 0 Å². The Labute approximate surface area is 118 Å². The van der Waals surface area contributed by atoms with Crippen molar-refractivity contribution in [2.24, 2.45) is 0 Å². The maximum Gasteiger partial charge on any atom is 0.340 e. The molecule has 0 N–H and O–H groups in total. The van der Waals surface area contributed by atoms with Gasteiger partial charge in [-0.1, -0.05) is 24.3 Å². The van der Waals surface area contributed by atoms with Gasteiger partial charge in [-0.2, -0.15) is 8.42 Å². The van der Waals surface area contributed by atoms with Gasteiger partial charge in [-0.15, -0.1) is 0 Å². The molecule has 0 amide bonds. The molecule has 0 saturated carbocycles. The number of halogens is 2. The number of hydrogen-bond donors (Lipinski definition) is 0. The third-order valence-electron chi connectivity index (χ3n) is 2.14. The molecule has 0 aromatic heterocycles. The van der Waals surface area contributed by atoms with Crippen molar-refractivity contribution in [3.05, 3.63) is 57.9 Å². The van der Waals surface area contributed by atoms with Crippen LogP contribution in [0.2, 0.25) is 0 Å². The topological polar surface area (TPSA) is 43.4 Å². The van der Waals surface area contributed by atoms with E-state index in [2.05, 4.69) is 0 Å². The molecule has 0 aliphatic carbocycles. The number of hydrogen-bond acceptors (Lipinski definition) is 3. The van der Waals surface area contributed by atoms with E-state index in [0.717, 1.165) is 6.07 Å². The van der Waals surface area contributed by atoms with Gasteiger partial charge in [-0.05, 0) is 46.9 Å². The fourth-order valence-electron chi connectivity index (χ4n) is 1.32. The lowest BCUT2D eigenvalue weighted by Gasteiger charge is -2.08. The van der Waals surface area contributed by atoms with Crippen LogP contribution in [-0.4, -0.2) is 8.42 Å². The lowest BCUT2D eigenvalue weighted by atomic mass is 10.3. The SMILES string of the molecule is O=S(=O)(Oc1ccccc1F)c1ccccc1I. The molecule has 0 atom stereocenters. The van der Waals surface area contributed by atoms with Crippen LogP contribution in [0.4, 0.5) is 4.39 Å². The summed E-state index contributed by atoms with van der Waals surface area (Å²) in [5.74, 6) is -1.02. The summed E-state index contributed by atoms with van der Waals surface area (Å²) in [6.45, 7) is 0. The third kappa shape index (κ3) is 2.81. The highest BCUT2D eigenvalue weighted by Gasteiger charge is 2.20. The van der Waals surface area contributed by atoms with Crippen molar-refractivity contribution in [3.63, 3.8) is 0 Å². The normalized spacial score (nSPS) is 11.2. The molecule has 0 spiro atoms. The minimum Gasteiger partial charge on any atom is -0.376 e. The molecule has 0 radical (unpaired) electrons. The lowest BCUT2D eigenvalue weighted by Crippen LogP contribution is -2.12. The number of para-hydroxylation sites is 1. The summed E-state index contributed by atoms with van der Waals surface area (Å²) in [7, 11) is -4.01. The minimum absolute atomic E-state index is 0.0221. The highest BCUT2D eigenvalue weighted by molar-refractivity contribution is 14.1. The second-order valence-electron chi connectivity index (χ2n) is 3.40. The predicted octanol–water partition coefficient (Wildman–Crippen LogP) is 3.20. The summed E-state index contributed by atoms with van der Waals surface area (Å²) in [5.41, 5.74) is 0. The van der Waals surface area contributed by atoms with Gasteiger partial charge in [0.2, 0.25) is 0 Å². The zero-order valence-corrected chi connectivity index (χ0v) is 12.0. The molecule has 18 heavy (non-hydrogen) atoms. The zero-order valence-electron chi connectivity index (χ0n) is 9.01. The Bertz CT molecular complexity index is 671. The Hall–Kier alpha value is -1.15. The molecule has 2 aromatic rings. The van der Waals surface area contributed by atoms with Crippen molar-refractivity contribution in [1.82, 2.24) is 0 Å². The van der Waals surface area contributed by atoms with Gasteiger partial charge in [0, 0.05) is 3.57 Å². The second-order valence-corrected chi connectivity index (χ2v) is 6.08. The second kappa shape index (κ2) is 5.23. The van der Waals surface area contributed by atoms with E-state index in [1.165, 1.54) is 24.3 Å².